The van der Waals surface area contributed by atoms with Crippen molar-refractivity contribution in [1.29, 1.82) is 5.41 Å². The van der Waals surface area contributed by atoms with Gasteiger partial charge in [-0.05, 0) is 24.0 Å². The molecule has 2 rings (SSSR count). The van der Waals surface area contributed by atoms with Crippen LogP contribution in [0.5, 0.6) is 0 Å². The molecule has 28 heavy (non-hydrogen) atoms. The zero-order chi connectivity index (χ0) is 20.5. The summed E-state index contributed by atoms with van der Waals surface area (Å²) >= 11 is 0. The third-order valence-electron chi connectivity index (χ3n) is 4.68. The van der Waals surface area contributed by atoms with Crippen LogP contribution in [-0.2, 0) is 16.0 Å². The molecule has 0 aliphatic heterocycles. The molecule has 6 nitrogen and oxygen atoms in total. The van der Waals surface area contributed by atoms with E-state index in [0.29, 0.717) is 18.4 Å². The van der Waals surface area contributed by atoms with E-state index in [1.54, 1.807) is 12.1 Å². The van der Waals surface area contributed by atoms with E-state index in [0.717, 1.165) is 24.0 Å². The number of rotatable bonds is 10. The summed E-state index contributed by atoms with van der Waals surface area (Å²) in [5.41, 5.74) is 7.85. The number of amidine groups is 1. The molecule has 0 radical (unpaired) electrons. The van der Waals surface area contributed by atoms with E-state index < -0.39 is 17.9 Å². The van der Waals surface area contributed by atoms with Gasteiger partial charge in [0.1, 0.15) is 11.9 Å². The highest BCUT2D eigenvalue weighted by molar-refractivity contribution is 5.95. The van der Waals surface area contributed by atoms with Crippen LogP contribution in [0.3, 0.4) is 0 Å². The van der Waals surface area contributed by atoms with Gasteiger partial charge >= 0.3 is 5.97 Å². The fourth-order valence-corrected chi connectivity index (χ4v) is 3.04. The van der Waals surface area contributed by atoms with Crippen molar-refractivity contribution >= 4 is 17.7 Å². The molecule has 0 heterocycles. The van der Waals surface area contributed by atoms with Crippen molar-refractivity contribution in [3.8, 4) is 0 Å². The molecule has 0 aliphatic carbocycles. The standard InChI is InChI=1S/C22H27N3O3/c1-2-3-9-19(22(27)28)25-21(26)18(16-7-5-4-6-8-16)14-15-10-12-17(13-11-15)20(23)24/h4-8,10-13,18-19H,2-3,9,14H2,1H3,(H3,23,24)(H,25,26)(H,27,28)/t18-,19+/m1/s1. The molecule has 1 amide bonds. The minimum absolute atomic E-state index is 0.0101. The largest absolute Gasteiger partial charge is 0.480 e. The van der Waals surface area contributed by atoms with Crippen LogP contribution in [0.15, 0.2) is 54.6 Å². The van der Waals surface area contributed by atoms with Crippen molar-refractivity contribution < 1.29 is 14.7 Å². The minimum Gasteiger partial charge on any atom is -0.480 e. The first kappa shape index (κ1) is 21.2. The molecule has 0 aromatic heterocycles. The average molecular weight is 381 g/mol. The molecule has 0 aliphatic rings. The molecule has 0 unspecified atom stereocenters. The van der Waals surface area contributed by atoms with Gasteiger partial charge in [-0.1, -0.05) is 74.4 Å². The number of carbonyl (C=O) groups is 2. The van der Waals surface area contributed by atoms with Crippen LogP contribution in [0.25, 0.3) is 0 Å². The topological polar surface area (TPSA) is 116 Å². The number of nitrogens with one attached hydrogen (secondary N) is 2. The van der Waals surface area contributed by atoms with Gasteiger partial charge in [0.05, 0.1) is 5.92 Å². The van der Waals surface area contributed by atoms with Crippen molar-refractivity contribution in [3.63, 3.8) is 0 Å². The summed E-state index contributed by atoms with van der Waals surface area (Å²) in [7, 11) is 0. The summed E-state index contributed by atoms with van der Waals surface area (Å²) in [6.07, 6.45) is 2.44. The smallest absolute Gasteiger partial charge is 0.326 e. The van der Waals surface area contributed by atoms with Gasteiger partial charge in [-0.25, -0.2) is 4.79 Å². The molecule has 6 heteroatoms. The predicted octanol–water partition coefficient (Wildman–Crippen LogP) is 3.06. The highest BCUT2D eigenvalue weighted by atomic mass is 16.4. The highest BCUT2D eigenvalue weighted by Crippen LogP contribution is 2.22. The number of nitrogens with two attached hydrogens (primary N) is 1. The molecule has 5 N–H and O–H groups in total. The SMILES string of the molecule is CCCC[C@H](NC(=O)[C@H](Cc1ccc(C(=N)N)cc1)c1ccccc1)C(=O)O. The molecule has 2 aromatic rings. The predicted molar refractivity (Wildman–Crippen MR) is 109 cm³/mol. The molecule has 148 valence electrons. The minimum atomic E-state index is -1.01. The molecule has 2 atom stereocenters. The fraction of sp³-hybridized carbons (Fsp3) is 0.318. The lowest BCUT2D eigenvalue weighted by atomic mass is 9.90. The summed E-state index contributed by atoms with van der Waals surface area (Å²) in [6, 6.07) is 15.6. The van der Waals surface area contributed by atoms with Crippen molar-refractivity contribution in [1.82, 2.24) is 5.32 Å². The maximum absolute atomic E-state index is 13.0. The number of amides is 1. The quantitative estimate of drug-likeness (QED) is 0.374. The summed E-state index contributed by atoms with van der Waals surface area (Å²) in [6.45, 7) is 1.98. The zero-order valence-corrected chi connectivity index (χ0v) is 16.0. The summed E-state index contributed by atoms with van der Waals surface area (Å²) in [5, 5.41) is 19.6. The number of benzene rings is 2. The second-order valence-corrected chi connectivity index (χ2v) is 6.82. The molecule has 0 spiro atoms. The number of carboxylic acids is 1. The van der Waals surface area contributed by atoms with E-state index in [1.807, 2.05) is 49.4 Å². The Hall–Kier alpha value is -3.15. The summed E-state index contributed by atoms with van der Waals surface area (Å²) in [4.78, 5) is 24.5. The Balaban J connectivity index is 2.22. The zero-order valence-electron chi connectivity index (χ0n) is 16.0. The van der Waals surface area contributed by atoms with Crippen LogP contribution in [0.2, 0.25) is 0 Å². The van der Waals surface area contributed by atoms with Gasteiger partial charge in [0, 0.05) is 5.56 Å². The highest BCUT2D eigenvalue weighted by Gasteiger charge is 2.26. The lowest BCUT2D eigenvalue weighted by Gasteiger charge is -2.21. The molecular formula is C22H27N3O3. The van der Waals surface area contributed by atoms with Gasteiger partial charge in [0.15, 0.2) is 0 Å². The lowest BCUT2D eigenvalue weighted by Crippen LogP contribution is -2.43. The number of hydrogen-bond acceptors (Lipinski definition) is 3. The first-order valence-corrected chi connectivity index (χ1v) is 9.43. The van der Waals surface area contributed by atoms with E-state index in [9.17, 15) is 14.7 Å². The van der Waals surface area contributed by atoms with Gasteiger partial charge in [-0.3, -0.25) is 10.2 Å². The Labute approximate surface area is 165 Å². The number of aliphatic carboxylic acids is 1. The van der Waals surface area contributed by atoms with Gasteiger partial charge in [0.25, 0.3) is 0 Å². The second kappa shape index (κ2) is 10.3. The van der Waals surface area contributed by atoms with E-state index in [-0.39, 0.29) is 11.7 Å². The third-order valence-corrected chi connectivity index (χ3v) is 4.68. The summed E-state index contributed by atoms with van der Waals surface area (Å²) < 4.78 is 0. The van der Waals surface area contributed by atoms with E-state index in [2.05, 4.69) is 5.32 Å². The first-order valence-electron chi connectivity index (χ1n) is 9.43. The van der Waals surface area contributed by atoms with Crippen molar-refractivity contribution in [2.45, 2.75) is 44.6 Å². The maximum Gasteiger partial charge on any atom is 0.326 e. The maximum atomic E-state index is 13.0. The van der Waals surface area contributed by atoms with Gasteiger partial charge in [0.2, 0.25) is 5.91 Å². The van der Waals surface area contributed by atoms with Gasteiger partial charge in [-0.15, -0.1) is 0 Å². The van der Waals surface area contributed by atoms with Gasteiger partial charge in [-0.2, -0.15) is 0 Å². The molecule has 0 fully saturated rings. The molecule has 2 aromatic carbocycles. The summed E-state index contributed by atoms with van der Waals surface area (Å²) in [5.74, 6) is -1.83. The molecule has 0 saturated heterocycles. The number of unbranched alkanes of at least 4 members (excludes halogenated alkanes) is 1. The normalized spacial score (nSPS) is 12.8. The Morgan fingerprint density at radius 1 is 1.11 bits per heavy atom. The molecule has 0 bridgehead atoms. The Morgan fingerprint density at radius 3 is 2.29 bits per heavy atom. The van der Waals surface area contributed by atoms with Crippen LogP contribution >= 0.6 is 0 Å². The van der Waals surface area contributed by atoms with Crippen LogP contribution in [0, 0.1) is 5.41 Å². The van der Waals surface area contributed by atoms with E-state index in [1.165, 1.54) is 0 Å². The molecule has 0 saturated carbocycles. The van der Waals surface area contributed by atoms with E-state index >= 15 is 0 Å². The number of carboxylic acid groups (broad SMARTS) is 1. The Kier molecular flexibility index (Phi) is 7.75. The monoisotopic (exact) mass is 381 g/mol. The van der Waals surface area contributed by atoms with E-state index in [4.69, 9.17) is 11.1 Å². The Morgan fingerprint density at radius 2 is 1.75 bits per heavy atom. The Bertz CT molecular complexity index is 804. The average Bonchev–Trinajstić information content (AvgIpc) is 2.69. The lowest BCUT2D eigenvalue weighted by molar-refractivity contribution is -0.142. The van der Waals surface area contributed by atoms with Crippen LogP contribution in [0.1, 0.15) is 48.8 Å². The van der Waals surface area contributed by atoms with Crippen LogP contribution in [-0.4, -0.2) is 28.9 Å². The van der Waals surface area contributed by atoms with Crippen LogP contribution < -0.4 is 11.1 Å². The van der Waals surface area contributed by atoms with Crippen molar-refractivity contribution in [2.75, 3.05) is 0 Å². The van der Waals surface area contributed by atoms with Crippen LogP contribution in [0.4, 0.5) is 0 Å². The second-order valence-electron chi connectivity index (χ2n) is 6.82. The number of carbonyl (C=O) groups excluding carboxylic acids is 1. The third kappa shape index (κ3) is 5.94. The number of hydrogen-bond donors (Lipinski definition) is 4. The molecular weight excluding hydrogens is 354 g/mol. The first-order chi connectivity index (χ1) is 13.4. The van der Waals surface area contributed by atoms with Gasteiger partial charge < -0.3 is 16.2 Å². The number of nitrogen functional groups attached to an aromatic ring is 1. The van der Waals surface area contributed by atoms with Crippen molar-refractivity contribution in [3.05, 3.63) is 71.3 Å². The fourth-order valence-electron chi connectivity index (χ4n) is 3.04. The van der Waals surface area contributed by atoms with Crippen molar-refractivity contribution in [2.24, 2.45) is 5.73 Å².